The van der Waals surface area contributed by atoms with Crippen LogP contribution in [0.2, 0.25) is 0 Å². The number of aromatic nitrogens is 1. The number of carbonyl (C=O) groups excluding carboxylic acids is 1. The third kappa shape index (κ3) is 3.34. The van der Waals surface area contributed by atoms with E-state index >= 15 is 0 Å². The number of rotatable bonds is 2. The first-order valence-corrected chi connectivity index (χ1v) is 6.22. The molecule has 10 heteroatoms. The van der Waals surface area contributed by atoms with Crippen LogP contribution >= 0.6 is 11.8 Å². The van der Waals surface area contributed by atoms with Gasteiger partial charge in [0.05, 0.1) is 29.3 Å². The molecule has 4 nitrogen and oxygen atoms in total. The Labute approximate surface area is 131 Å². The second-order valence-electron chi connectivity index (χ2n) is 4.33. The van der Waals surface area contributed by atoms with E-state index in [1.54, 1.807) is 0 Å². The zero-order valence-electron chi connectivity index (χ0n) is 11.0. The van der Waals surface area contributed by atoms with Crippen molar-refractivity contribution in [3.63, 3.8) is 0 Å². The quantitative estimate of drug-likeness (QED) is 0.662. The molecule has 0 saturated carbocycles. The molecule has 0 aliphatic carbocycles. The Hall–Kier alpha value is -2.42. The molecule has 0 aliphatic rings. The van der Waals surface area contributed by atoms with Gasteiger partial charge in [-0.1, -0.05) is 0 Å². The lowest BCUT2D eigenvalue weighted by Gasteiger charge is -2.17. The van der Waals surface area contributed by atoms with E-state index in [4.69, 9.17) is 17.5 Å². The maximum atomic E-state index is 13.6. The van der Waals surface area contributed by atoms with E-state index in [9.17, 15) is 26.7 Å². The third-order valence-electron chi connectivity index (χ3n) is 2.80. The standard InChI is InChI=1S/C13H7ClF5N3O/c14-22(12(23)11-9(16)4-21-5-10(11)20)6-1-2-8(15)7(3-6)13(17,18)19/h1-5H,20H2. The van der Waals surface area contributed by atoms with Crippen LogP contribution in [0.25, 0.3) is 0 Å². The molecule has 0 bridgehead atoms. The summed E-state index contributed by atoms with van der Waals surface area (Å²) in [5.74, 6) is -3.85. The van der Waals surface area contributed by atoms with Crippen LogP contribution in [0.3, 0.4) is 0 Å². The van der Waals surface area contributed by atoms with Crippen molar-refractivity contribution in [1.29, 1.82) is 0 Å². The molecule has 2 N–H and O–H groups in total. The molecule has 0 saturated heterocycles. The van der Waals surface area contributed by atoms with Crippen LogP contribution in [-0.4, -0.2) is 10.9 Å². The van der Waals surface area contributed by atoms with Crippen molar-refractivity contribution in [3.05, 3.63) is 53.4 Å². The molecule has 1 aromatic heterocycles. The van der Waals surface area contributed by atoms with Crippen molar-refractivity contribution in [3.8, 4) is 0 Å². The minimum absolute atomic E-state index is 0.212. The number of pyridine rings is 1. The number of nitrogen functional groups attached to an aromatic ring is 1. The van der Waals surface area contributed by atoms with Crippen molar-refractivity contribution in [2.45, 2.75) is 6.18 Å². The maximum absolute atomic E-state index is 13.6. The maximum Gasteiger partial charge on any atom is 0.419 e. The van der Waals surface area contributed by atoms with Crippen molar-refractivity contribution in [1.82, 2.24) is 4.98 Å². The molecule has 23 heavy (non-hydrogen) atoms. The molecule has 0 atom stereocenters. The van der Waals surface area contributed by atoms with E-state index in [1.807, 2.05) is 0 Å². The van der Waals surface area contributed by atoms with Crippen molar-refractivity contribution < 1.29 is 26.7 Å². The van der Waals surface area contributed by atoms with Gasteiger partial charge in [0.15, 0.2) is 5.82 Å². The number of anilines is 2. The van der Waals surface area contributed by atoms with Crippen LogP contribution in [0.15, 0.2) is 30.6 Å². The molecule has 1 aromatic carbocycles. The molecular weight excluding hydrogens is 345 g/mol. The van der Waals surface area contributed by atoms with Crippen molar-refractivity contribution >= 4 is 29.1 Å². The number of nitrogens with two attached hydrogens (primary N) is 1. The monoisotopic (exact) mass is 351 g/mol. The van der Waals surface area contributed by atoms with Crippen LogP contribution in [0, 0.1) is 11.6 Å². The van der Waals surface area contributed by atoms with Gasteiger partial charge in [-0.05, 0) is 18.2 Å². The molecule has 0 radical (unpaired) electrons. The highest BCUT2D eigenvalue weighted by atomic mass is 35.5. The second-order valence-corrected chi connectivity index (χ2v) is 4.67. The Morgan fingerprint density at radius 3 is 2.39 bits per heavy atom. The fraction of sp³-hybridized carbons (Fsp3) is 0.0769. The van der Waals surface area contributed by atoms with Gasteiger partial charge in [-0.2, -0.15) is 13.2 Å². The summed E-state index contributed by atoms with van der Waals surface area (Å²) in [5, 5.41) is 0. The Kier molecular flexibility index (Phi) is 4.42. The first-order chi connectivity index (χ1) is 10.6. The van der Waals surface area contributed by atoms with Crippen LogP contribution in [0.5, 0.6) is 0 Å². The van der Waals surface area contributed by atoms with E-state index in [2.05, 4.69) is 4.98 Å². The lowest BCUT2D eigenvalue weighted by atomic mass is 10.1. The fourth-order valence-corrected chi connectivity index (χ4v) is 1.93. The van der Waals surface area contributed by atoms with Crippen molar-refractivity contribution in [2.75, 3.05) is 10.2 Å². The summed E-state index contributed by atoms with van der Waals surface area (Å²) in [6.07, 6.45) is -3.31. The van der Waals surface area contributed by atoms with Gasteiger partial charge in [0.2, 0.25) is 0 Å². The topological polar surface area (TPSA) is 59.2 Å². The molecule has 0 fully saturated rings. The molecule has 0 aliphatic heterocycles. The average Bonchev–Trinajstić information content (AvgIpc) is 2.45. The van der Waals surface area contributed by atoms with Gasteiger partial charge in [0.25, 0.3) is 5.91 Å². The number of carbonyl (C=O) groups is 1. The van der Waals surface area contributed by atoms with Crippen LogP contribution in [-0.2, 0) is 6.18 Å². The predicted molar refractivity (Wildman–Crippen MR) is 72.7 cm³/mol. The molecule has 0 spiro atoms. The van der Waals surface area contributed by atoms with Crippen LogP contribution < -0.4 is 10.2 Å². The number of alkyl halides is 3. The summed E-state index contributed by atoms with van der Waals surface area (Å²) in [6, 6.07) is 1.66. The summed E-state index contributed by atoms with van der Waals surface area (Å²) in [7, 11) is 0. The zero-order valence-corrected chi connectivity index (χ0v) is 11.8. The van der Waals surface area contributed by atoms with E-state index in [1.165, 1.54) is 0 Å². The van der Waals surface area contributed by atoms with Gasteiger partial charge < -0.3 is 5.73 Å². The summed E-state index contributed by atoms with van der Waals surface area (Å²) in [6.45, 7) is 0. The van der Waals surface area contributed by atoms with E-state index in [0.29, 0.717) is 18.3 Å². The summed E-state index contributed by atoms with van der Waals surface area (Å²) in [4.78, 5) is 15.5. The molecule has 2 rings (SSSR count). The second kappa shape index (κ2) is 5.99. The van der Waals surface area contributed by atoms with E-state index in [-0.39, 0.29) is 10.1 Å². The predicted octanol–water partition coefficient (Wildman–Crippen LogP) is 3.76. The number of hydrogen-bond donors (Lipinski definition) is 1. The van der Waals surface area contributed by atoms with Gasteiger partial charge in [-0.25, -0.2) is 13.2 Å². The molecule has 1 amide bonds. The minimum Gasteiger partial charge on any atom is -0.397 e. The van der Waals surface area contributed by atoms with Gasteiger partial charge in [-0.15, -0.1) is 0 Å². The van der Waals surface area contributed by atoms with Gasteiger partial charge in [0.1, 0.15) is 11.4 Å². The fourth-order valence-electron chi connectivity index (χ4n) is 1.74. The number of benzene rings is 1. The van der Waals surface area contributed by atoms with Gasteiger partial charge >= 0.3 is 6.18 Å². The lowest BCUT2D eigenvalue weighted by Crippen LogP contribution is -2.24. The lowest BCUT2D eigenvalue weighted by molar-refractivity contribution is -0.139. The Morgan fingerprint density at radius 1 is 1.17 bits per heavy atom. The summed E-state index contributed by atoms with van der Waals surface area (Å²) < 4.78 is 65.1. The van der Waals surface area contributed by atoms with Crippen LogP contribution in [0.1, 0.15) is 15.9 Å². The molecule has 2 aromatic rings. The molecule has 1 heterocycles. The number of nitrogens with zero attached hydrogens (tertiary/aromatic N) is 2. The van der Waals surface area contributed by atoms with Gasteiger partial charge in [-0.3, -0.25) is 9.78 Å². The normalized spacial score (nSPS) is 11.4. The van der Waals surface area contributed by atoms with E-state index < -0.39 is 40.5 Å². The largest absolute Gasteiger partial charge is 0.419 e. The zero-order chi connectivity index (χ0) is 17.4. The summed E-state index contributed by atoms with van der Waals surface area (Å²) in [5.41, 5.74) is 2.29. The summed E-state index contributed by atoms with van der Waals surface area (Å²) >= 11 is 5.66. The Balaban J connectivity index is 2.45. The van der Waals surface area contributed by atoms with Gasteiger partial charge in [0, 0.05) is 11.8 Å². The van der Waals surface area contributed by atoms with E-state index in [0.717, 1.165) is 12.3 Å². The first kappa shape index (κ1) is 16.9. The number of halogens is 6. The smallest absolute Gasteiger partial charge is 0.397 e. The minimum atomic E-state index is -4.98. The van der Waals surface area contributed by atoms with Crippen LogP contribution in [0.4, 0.5) is 33.3 Å². The average molecular weight is 352 g/mol. The third-order valence-corrected chi connectivity index (χ3v) is 3.15. The van der Waals surface area contributed by atoms with Crippen molar-refractivity contribution in [2.24, 2.45) is 0 Å². The Morgan fingerprint density at radius 2 is 1.83 bits per heavy atom. The first-order valence-electron chi connectivity index (χ1n) is 5.89. The number of hydrogen-bond acceptors (Lipinski definition) is 3. The molecule has 122 valence electrons. The Bertz CT molecular complexity index is 746. The highest BCUT2D eigenvalue weighted by Crippen LogP contribution is 2.35. The highest BCUT2D eigenvalue weighted by Gasteiger charge is 2.35. The molecular formula is C13H7ClF5N3O. The SMILES string of the molecule is Nc1cncc(F)c1C(=O)N(Cl)c1ccc(F)c(C(F)(F)F)c1. The highest BCUT2D eigenvalue weighted by molar-refractivity contribution is 6.39. The number of amides is 1. The molecule has 0 unspecified atom stereocenters.